The Balaban J connectivity index is 1.64. The van der Waals surface area contributed by atoms with Gasteiger partial charge in [-0.3, -0.25) is 0 Å². The van der Waals surface area contributed by atoms with Crippen molar-refractivity contribution in [2.24, 2.45) is 4.99 Å². The Morgan fingerprint density at radius 3 is 2.67 bits per heavy atom. The standard InChI is InChI=1S/C24H22N2O3S/c1-16-5-7-20(17(2)12-16)25-24-26(14-19-4-3-9-27-19)21(15-30-24)18-6-8-22-23(13-18)29-11-10-28-22/h3-9,12-13,15H,10-11,14H2,1-2H3. The van der Waals surface area contributed by atoms with Crippen molar-refractivity contribution in [1.29, 1.82) is 0 Å². The van der Waals surface area contributed by atoms with Gasteiger partial charge in [0, 0.05) is 10.9 Å². The van der Waals surface area contributed by atoms with Crippen LogP contribution in [0.1, 0.15) is 16.9 Å². The number of aromatic nitrogens is 1. The van der Waals surface area contributed by atoms with E-state index in [0.717, 1.165) is 44.6 Å². The van der Waals surface area contributed by atoms with E-state index < -0.39 is 0 Å². The zero-order valence-corrected chi connectivity index (χ0v) is 17.7. The van der Waals surface area contributed by atoms with Gasteiger partial charge in [0.2, 0.25) is 0 Å². The summed E-state index contributed by atoms with van der Waals surface area (Å²) in [7, 11) is 0. The van der Waals surface area contributed by atoms with Crippen LogP contribution in [0.25, 0.3) is 11.3 Å². The summed E-state index contributed by atoms with van der Waals surface area (Å²) in [6.07, 6.45) is 1.70. The van der Waals surface area contributed by atoms with Crippen molar-refractivity contribution in [1.82, 2.24) is 4.57 Å². The molecule has 0 saturated heterocycles. The Hall–Kier alpha value is -3.25. The number of fused-ring (bicyclic) bond motifs is 1. The summed E-state index contributed by atoms with van der Waals surface area (Å²) in [5.41, 5.74) is 5.50. The summed E-state index contributed by atoms with van der Waals surface area (Å²) in [6.45, 7) is 5.95. The predicted octanol–water partition coefficient (Wildman–Crippen LogP) is 5.48. The minimum Gasteiger partial charge on any atom is -0.486 e. The first-order valence-electron chi connectivity index (χ1n) is 9.90. The number of aryl methyl sites for hydroxylation is 2. The molecule has 0 radical (unpaired) electrons. The Morgan fingerprint density at radius 2 is 1.87 bits per heavy atom. The molecule has 0 fully saturated rings. The lowest BCUT2D eigenvalue weighted by Gasteiger charge is -2.19. The van der Waals surface area contributed by atoms with Crippen molar-refractivity contribution in [3.8, 4) is 22.8 Å². The highest BCUT2D eigenvalue weighted by atomic mass is 32.1. The van der Waals surface area contributed by atoms with Crippen molar-refractivity contribution >= 4 is 17.0 Å². The molecular formula is C24H22N2O3S. The van der Waals surface area contributed by atoms with Crippen LogP contribution in [0.5, 0.6) is 11.5 Å². The lowest BCUT2D eigenvalue weighted by molar-refractivity contribution is 0.171. The lowest BCUT2D eigenvalue weighted by atomic mass is 10.1. The first-order chi connectivity index (χ1) is 14.7. The first kappa shape index (κ1) is 18.8. The lowest BCUT2D eigenvalue weighted by Crippen LogP contribution is -2.17. The van der Waals surface area contributed by atoms with Gasteiger partial charge in [0.05, 0.1) is 24.2 Å². The molecule has 0 bridgehead atoms. The Bertz CT molecular complexity index is 1250. The highest BCUT2D eigenvalue weighted by Gasteiger charge is 2.16. The van der Waals surface area contributed by atoms with Gasteiger partial charge in [0.1, 0.15) is 19.0 Å². The fraction of sp³-hybridized carbons (Fsp3) is 0.208. The molecule has 0 amide bonds. The Labute approximate surface area is 178 Å². The van der Waals surface area contributed by atoms with Gasteiger partial charge in [-0.2, -0.15) is 0 Å². The average molecular weight is 419 g/mol. The van der Waals surface area contributed by atoms with Crippen LogP contribution in [0.4, 0.5) is 5.69 Å². The topological polar surface area (TPSA) is 48.9 Å². The molecule has 6 heteroatoms. The first-order valence-corrected chi connectivity index (χ1v) is 10.8. The summed E-state index contributed by atoms with van der Waals surface area (Å²) in [6, 6.07) is 16.3. The van der Waals surface area contributed by atoms with E-state index in [0.29, 0.717) is 19.8 Å². The minimum atomic E-state index is 0.569. The van der Waals surface area contributed by atoms with E-state index >= 15 is 0 Å². The van der Waals surface area contributed by atoms with Crippen LogP contribution in [0.15, 0.2) is 69.6 Å². The van der Waals surface area contributed by atoms with Crippen LogP contribution in [-0.4, -0.2) is 17.8 Å². The van der Waals surface area contributed by atoms with Gasteiger partial charge in [-0.15, -0.1) is 11.3 Å². The highest BCUT2D eigenvalue weighted by Crippen LogP contribution is 2.35. The largest absolute Gasteiger partial charge is 0.486 e. The van der Waals surface area contributed by atoms with Gasteiger partial charge < -0.3 is 18.5 Å². The molecule has 4 aromatic rings. The van der Waals surface area contributed by atoms with Gasteiger partial charge in [0.15, 0.2) is 16.3 Å². The maximum Gasteiger partial charge on any atom is 0.190 e. The van der Waals surface area contributed by atoms with Gasteiger partial charge in [-0.05, 0) is 55.8 Å². The van der Waals surface area contributed by atoms with E-state index in [4.69, 9.17) is 18.9 Å². The molecule has 0 N–H and O–H groups in total. The molecular weight excluding hydrogens is 396 g/mol. The second-order valence-corrected chi connectivity index (χ2v) is 8.17. The smallest absolute Gasteiger partial charge is 0.190 e. The molecule has 152 valence electrons. The molecule has 5 rings (SSSR count). The van der Waals surface area contributed by atoms with Crippen LogP contribution in [0, 0.1) is 13.8 Å². The van der Waals surface area contributed by atoms with Crippen LogP contribution >= 0.6 is 11.3 Å². The zero-order valence-electron chi connectivity index (χ0n) is 16.9. The van der Waals surface area contributed by atoms with Crippen LogP contribution in [0.3, 0.4) is 0 Å². The molecule has 2 aromatic heterocycles. The summed E-state index contributed by atoms with van der Waals surface area (Å²) in [5.74, 6) is 2.45. The molecule has 0 aliphatic carbocycles. The van der Waals surface area contributed by atoms with Gasteiger partial charge >= 0.3 is 0 Å². The van der Waals surface area contributed by atoms with Gasteiger partial charge in [-0.25, -0.2) is 4.99 Å². The summed E-state index contributed by atoms with van der Waals surface area (Å²) < 4.78 is 19.3. The van der Waals surface area contributed by atoms with E-state index in [-0.39, 0.29) is 0 Å². The van der Waals surface area contributed by atoms with E-state index in [1.165, 1.54) is 5.56 Å². The fourth-order valence-corrected chi connectivity index (χ4v) is 4.52. The van der Waals surface area contributed by atoms with Crippen molar-refractivity contribution in [2.45, 2.75) is 20.4 Å². The molecule has 0 unspecified atom stereocenters. The van der Waals surface area contributed by atoms with Crippen molar-refractivity contribution < 1.29 is 13.9 Å². The number of ether oxygens (including phenoxy) is 2. The second kappa shape index (κ2) is 7.88. The minimum absolute atomic E-state index is 0.569. The number of furan rings is 1. The molecule has 5 nitrogen and oxygen atoms in total. The number of thiazole rings is 1. The highest BCUT2D eigenvalue weighted by molar-refractivity contribution is 7.07. The van der Waals surface area contributed by atoms with Gasteiger partial charge in [0.25, 0.3) is 0 Å². The van der Waals surface area contributed by atoms with Crippen molar-refractivity contribution in [3.05, 3.63) is 81.9 Å². The predicted molar refractivity (Wildman–Crippen MR) is 118 cm³/mol. The molecule has 0 spiro atoms. The molecule has 0 atom stereocenters. The SMILES string of the molecule is Cc1ccc(N=c2scc(-c3ccc4c(c3)OCCO4)n2Cc2ccco2)c(C)c1. The molecule has 2 aromatic carbocycles. The maximum atomic E-state index is 5.79. The quantitative estimate of drug-likeness (QED) is 0.441. The third-order valence-electron chi connectivity index (χ3n) is 5.10. The average Bonchev–Trinajstić information content (AvgIpc) is 3.40. The van der Waals surface area contributed by atoms with Crippen LogP contribution in [-0.2, 0) is 6.54 Å². The Morgan fingerprint density at radius 1 is 1.00 bits per heavy atom. The summed E-state index contributed by atoms with van der Waals surface area (Å²) in [5, 5.41) is 2.14. The number of nitrogens with zero attached hydrogens (tertiary/aromatic N) is 2. The van der Waals surface area contributed by atoms with Crippen molar-refractivity contribution in [3.63, 3.8) is 0 Å². The third kappa shape index (κ3) is 3.66. The molecule has 30 heavy (non-hydrogen) atoms. The summed E-state index contributed by atoms with van der Waals surface area (Å²) in [4.78, 5) is 5.90. The monoisotopic (exact) mass is 418 g/mol. The van der Waals surface area contributed by atoms with E-state index in [1.807, 2.05) is 24.3 Å². The Kier molecular flexibility index (Phi) is 4.93. The molecule has 0 saturated carbocycles. The van der Waals surface area contributed by atoms with Crippen LogP contribution < -0.4 is 14.3 Å². The second-order valence-electron chi connectivity index (χ2n) is 7.33. The number of benzene rings is 2. The number of hydrogen-bond acceptors (Lipinski definition) is 5. The fourth-order valence-electron chi connectivity index (χ4n) is 3.60. The number of rotatable bonds is 4. The summed E-state index contributed by atoms with van der Waals surface area (Å²) >= 11 is 1.62. The molecule has 1 aliphatic heterocycles. The third-order valence-corrected chi connectivity index (χ3v) is 5.96. The van der Waals surface area contributed by atoms with E-state index in [2.05, 4.69) is 48.1 Å². The van der Waals surface area contributed by atoms with E-state index in [9.17, 15) is 0 Å². The van der Waals surface area contributed by atoms with Gasteiger partial charge in [-0.1, -0.05) is 17.7 Å². The maximum absolute atomic E-state index is 5.79. The molecule has 1 aliphatic rings. The van der Waals surface area contributed by atoms with Crippen LogP contribution in [0.2, 0.25) is 0 Å². The van der Waals surface area contributed by atoms with Crippen molar-refractivity contribution in [2.75, 3.05) is 13.2 Å². The normalized spacial score (nSPS) is 13.6. The zero-order chi connectivity index (χ0) is 20.5. The number of hydrogen-bond donors (Lipinski definition) is 0. The van der Waals surface area contributed by atoms with E-state index in [1.54, 1.807) is 17.6 Å². The molecule has 3 heterocycles.